The van der Waals surface area contributed by atoms with Crippen LogP contribution >= 0.6 is 0 Å². The lowest BCUT2D eigenvalue weighted by molar-refractivity contribution is 0.111. The Kier molecular flexibility index (Phi) is 7.42. The van der Waals surface area contributed by atoms with Gasteiger partial charge in [-0.3, -0.25) is 4.79 Å². The second-order valence-electron chi connectivity index (χ2n) is 6.66. The Morgan fingerprint density at radius 2 is 1.48 bits per heavy atom. The number of hydrogen-bond acceptors (Lipinski definition) is 4. The highest BCUT2D eigenvalue weighted by atomic mass is 16.5. The highest BCUT2D eigenvalue weighted by molar-refractivity contribution is 5.84. The fourth-order valence-electron chi connectivity index (χ4n) is 3.15. The van der Waals surface area contributed by atoms with Gasteiger partial charge in [0.2, 0.25) is 0 Å². The molecule has 0 aliphatic rings. The Labute approximate surface area is 172 Å². The Bertz CT molecular complexity index is 910. The van der Waals surface area contributed by atoms with E-state index in [4.69, 9.17) is 10.00 Å². The third-order valence-corrected chi connectivity index (χ3v) is 4.60. The fraction of sp³-hybridized carbons (Fsp3) is 0.200. The number of aldehydes is 1. The highest BCUT2D eigenvalue weighted by Gasteiger charge is 2.14. The first-order valence-electron chi connectivity index (χ1n) is 9.82. The zero-order valence-electron chi connectivity index (χ0n) is 16.3. The number of nitriles is 1. The Morgan fingerprint density at radius 3 is 2.07 bits per heavy atom. The number of hydrogen-bond donors (Lipinski definition) is 0. The molecule has 0 radical (unpaired) electrons. The van der Waals surface area contributed by atoms with Gasteiger partial charge in [0.05, 0.1) is 18.2 Å². The largest absolute Gasteiger partial charge is 0.493 e. The zero-order valence-corrected chi connectivity index (χ0v) is 16.3. The molecule has 0 heterocycles. The highest BCUT2D eigenvalue weighted by Crippen LogP contribution is 2.36. The van der Waals surface area contributed by atoms with Crippen molar-refractivity contribution in [3.8, 4) is 11.8 Å². The summed E-state index contributed by atoms with van der Waals surface area (Å²) in [5, 5.41) is 8.61. The van der Waals surface area contributed by atoms with Crippen LogP contribution in [0.2, 0.25) is 0 Å². The van der Waals surface area contributed by atoms with Crippen molar-refractivity contribution in [2.45, 2.75) is 25.7 Å². The Morgan fingerprint density at radius 1 is 0.828 bits per heavy atom. The predicted octanol–water partition coefficient (Wildman–Crippen LogP) is 6.43. The SMILES string of the molecule is N#CCCCCCOc1cc(N(c2ccccc2)c2ccccc2)ccc1C=O. The summed E-state index contributed by atoms with van der Waals surface area (Å²) in [7, 11) is 0. The average molecular weight is 384 g/mol. The first-order chi connectivity index (χ1) is 14.3. The molecular weight excluding hydrogens is 360 g/mol. The van der Waals surface area contributed by atoms with Crippen molar-refractivity contribution in [1.29, 1.82) is 5.26 Å². The predicted molar refractivity (Wildman–Crippen MR) is 116 cm³/mol. The van der Waals surface area contributed by atoms with Gasteiger partial charge in [-0.05, 0) is 55.7 Å². The van der Waals surface area contributed by atoms with Gasteiger partial charge in [-0.15, -0.1) is 0 Å². The van der Waals surface area contributed by atoms with Gasteiger partial charge in [0.15, 0.2) is 6.29 Å². The van der Waals surface area contributed by atoms with E-state index in [-0.39, 0.29) is 0 Å². The number of benzene rings is 3. The lowest BCUT2D eigenvalue weighted by Crippen LogP contribution is -2.10. The number of unbranched alkanes of at least 4 members (excludes halogenated alkanes) is 3. The molecule has 0 fully saturated rings. The second kappa shape index (κ2) is 10.7. The minimum absolute atomic E-state index is 0.520. The van der Waals surface area contributed by atoms with Crippen LogP contribution in [0.3, 0.4) is 0 Å². The number of nitrogens with zero attached hydrogens (tertiary/aromatic N) is 2. The van der Waals surface area contributed by atoms with Crippen molar-refractivity contribution >= 4 is 23.3 Å². The molecule has 0 unspecified atom stereocenters. The van der Waals surface area contributed by atoms with Crippen LogP contribution in [0.25, 0.3) is 0 Å². The molecule has 4 nitrogen and oxygen atoms in total. The molecule has 0 amide bonds. The molecule has 3 rings (SSSR count). The minimum Gasteiger partial charge on any atom is -0.493 e. The Balaban J connectivity index is 1.87. The van der Waals surface area contributed by atoms with Gasteiger partial charge < -0.3 is 9.64 Å². The number of carbonyl (C=O) groups is 1. The van der Waals surface area contributed by atoms with E-state index in [1.807, 2.05) is 48.5 Å². The minimum atomic E-state index is 0.520. The van der Waals surface area contributed by atoms with Crippen molar-refractivity contribution in [3.63, 3.8) is 0 Å². The van der Waals surface area contributed by atoms with E-state index in [1.165, 1.54) is 0 Å². The maximum Gasteiger partial charge on any atom is 0.153 e. The van der Waals surface area contributed by atoms with E-state index >= 15 is 0 Å². The molecule has 0 saturated heterocycles. The molecule has 0 atom stereocenters. The topological polar surface area (TPSA) is 53.3 Å². The van der Waals surface area contributed by atoms with Crippen LogP contribution in [0.15, 0.2) is 78.9 Å². The molecule has 0 spiro atoms. The van der Waals surface area contributed by atoms with E-state index in [9.17, 15) is 4.79 Å². The van der Waals surface area contributed by atoms with Crippen molar-refractivity contribution in [3.05, 3.63) is 84.4 Å². The van der Waals surface area contributed by atoms with Crippen molar-refractivity contribution < 1.29 is 9.53 Å². The zero-order chi connectivity index (χ0) is 20.3. The molecular formula is C25H24N2O2. The smallest absolute Gasteiger partial charge is 0.153 e. The average Bonchev–Trinajstić information content (AvgIpc) is 2.78. The maximum atomic E-state index is 11.5. The third-order valence-electron chi connectivity index (χ3n) is 4.60. The summed E-state index contributed by atoms with van der Waals surface area (Å²) in [4.78, 5) is 13.6. The van der Waals surface area contributed by atoms with Gasteiger partial charge in [-0.2, -0.15) is 5.26 Å². The van der Waals surface area contributed by atoms with E-state index in [2.05, 4.69) is 35.2 Å². The lowest BCUT2D eigenvalue weighted by Gasteiger charge is -2.26. The summed E-state index contributed by atoms with van der Waals surface area (Å²) >= 11 is 0. The summed E-state index contributed by atoms with van der Waals surface area (Å²) in [5.74, 6) is 0.578. The number of para-hydroxylation sites is 2. The first-order valence-corrected chi connectivity index (χ1v) is 9.82. The van der Waals surface area contributed by atoms with E-state index in [0.29, 0.717) is 24.3 Å². The van der Waals surface area contributed by atoms with Crippen LogP contribution in [0, 0.1) is 11.3 Å². The maximum absolute atomic E-state index is 11.5. The molecule has 0 aliphatic carbocycles. The van der Waals surface area contributed by atoms with E-state index in [0.717, 1.165) is 42.6 Å². The van der Waals surface area contributed by atoms with Crippen LogP contribution in [0.4, 0.5) is 17.1 Å². The van der Waals surface area contributed by atoms with Gasteiger partial charge in [0.1, 0.15) is 5.75 Å². The number of rotatable bonds is 10. The molecule has 146 valence electrons. The number of ether oxygens (including phenoxy) is 1. The molecule has 3 aromatic carbocycles. The molecule has 29 heavy (non-hydrogen) atoms. The quantitative estimate of drug-likeness (QED) is 0.298. The second-order valence-corrected chi connectivity index (χ2v) is 6.66. The van der Waals surface area contributed by atoms with E-state index < -0.39 is 0 Å². The molecule has 0 aliphatic heterocycles. The van der Waals surface area contributed by atoms with E-state index in [1.54, 1.807) is 6.07 Å². The molecule has 0 bridgehead atoms. The van der Waals surface area contributed by atoms with Crippen LogP contribution < -0.4 is 9.64 Å². The molecule has 4 heteroatoms. The van der Waals surface area contributed by atoms with Crippen LogP contribution in [-0.4, -0.2) is 12.9 Å². The van der Waals surface area contributed by atoms with Gasteiger partial charge >= 0.3 is 0 Å². The standard InChI is InChI=1S/C25H24N2O2/c26-17-9-1-2-10-18-29-25-19-24(16-15-21(25)20-28)27(22-11-5-3-6-12-22)23-13-7-4-8-14-23/h3-8,11-16,19-20H,1-2,9-10,18H2. The van der Waals surface area contributed by atoms with Crippen molar-refractivity contribution in [1.82, 2.24) is 0 Å². The molecule has 3 aromatic rings. The van der Waals surface area contributed by atoms with Crippen molar-refractivity contribution in [2.75, 3.05) is 11.5 Å². The molecule has 0 saturated carbocycles. The normalized spacial score (nSPS) is 10.2. The first kappa shape index (κ1) is 20.2. The third kappa shape index (κ3) is 5.46. The summed E-state index contributed by atoms with van der Waals surface area (Å²) in [5.41, 5.74) is 3.51. The fourth-order valence-corrected chi connectivity index (χ4v) is 3.15. The van der Waals surface area contributed by atoms with Gasteiger partial charge in [0, 0.05) is 29.5 Å². The summed E-state index contributed by atoms with van der Waals surface area (Å²) in [6.45, 7) is 0.520. The summed E-state index contributed by atoms with van der Waals surface area (Å²) < 4.78 is 5.93. The molecule has 0 N–H and O–H groups in total. The summed E-state index contributed by atoms with van der Waals surface area (Å²) in [6, 6.07) is 28.0. The summed E-state index contributed by atoms with van der Waals surface area (Å²) in [6.07, 6.45) is 4.05. The van der Waals surface area contributed by atoms with Gasteiger partial charge in [-0.1, -0.05) is 36.4 Å². The van der Waals surface area contributed by atoms with Crippen LogP contribution in [0.1, 0.15) is 36.0 Å². The van der Waals surface area contributed by atoms with Gasteiger partial charge in [0.25, 0.3) is 0 Å². The number of carbonyl (C=O) groups excluding carboxylic acids is 1. The van der Waals surface area contributed by atoms with Crippen LogP contribution in [0.5, 0.6) is 5.75 Å². The van der Waals surface area contributed by atoms with Crippen LogP contribution in [-0.2, 0) is 0 Å². The van der Waals surface area contributed by atoms with Crippen molar-refractivity contribution in [2.24, 2.45) is 0 Å². The monoisotopic (exact) mass is 384 g/mol. The number of anilines is 3. The lowest BCUT2D eigenvalue weighted by atomic mass is 10.1. The molecule has 0 aromatic heterocycles. The van der Waals surface area contributed by atoms with Gasteiger partial charge in [-0.25, -0.2) is 0 Å². The Hall–Kier alpha value is -3.58.